The smallest absolute Gasteiger partial charge is 0.0738 e. The van der Waals surface area contributed by atoms with Gasteiger partial charge < -0.3 is 5.11 Å². The van der Waals surface area contributed by atoms with Crippen molar-refractivity contribution in [2.75, 3.05) is 5.75 Å². The Morgan fingerprint density at radius 1 is 1.38 bits per heavy atom. The highest BCUT2D eigenvalue weighted by Gasteiger charge is 2.16. The Labute approximate surface area is 146 Å². The van der Waals surface area contributed by atoms with Crippen LogP contribution < -0.4 is 0 Å². The number of rotatable bonds is 6. The Morgan fingerprint density at radius 2 is 2.14 bits per heavy atom. The molecule has 114 valence electrons. The predicted octanol–water partition coefficient (Wildman–Crippen LogP) is 4.43. The second-order valence-electron chi connectivity index (χ2n) is 4.79. The molecule has 3 nitrogen and oxygen atoms in total. The second-order valence-corrected chi connectivity index (χ2v) is 7.59. The lowest BCUT2D eigenvalue weighted by Crippen LogP contribution is -2.17. The molecule has 1 atom stereocenters. The zero-order chi connectivity index (χ0) is 15.4. The van der Waals surface area contributed by atoms with Crippen LogP contribution in [0.15, 0.2) is 38.1 Å². The third-order valence-corrected chi connectivity index (χ3v) is 5.78. The van der Waals surface area contributed by atoms with Crippen molar-refractivity contribution < 1.29 is 5.11 Å². The molecule has 1 N–H and O–H groups in total. The summed E-state index contributed by atoms with van der Waals surface area (Å²) in [4.78, 5) is 1.16. The molecule has 21 heavy (non-hydrogen) atoms. The quantitative estimate of drug-likeness (QED) is 0.684. The molecule has 0 saturated carbocycles. The van der Waals surface area contributed by atoms with Gasteiger partial charge in [0.15, 0.2) is 0 Å². The highest BCUT2D eigenvalue weighted by Crippen LogP contribution is 2.26. The van der Waals surface area contributed by atoms with Crippen LogP contribution in [0.3, 0.4) is 0 Å². The molecule has 0 amide bonds. The van der Waals surface area contributed by atoms with E-state index in [4.69, 9.17) is 0 Å². The van der Waals surface area contributed by atoms with E-state index in [1.807, 2.05) is 23.7 Å². The Kier molecular flexibility index (Phi) is 6.34. The molecule has 1 unspecified atom stereocenters. The summed E-state index contributed by atoms with van der Waals surface area (Å²) in [6, 6.07) is 8.12. The highest BCUT2D eigenvalue weighted by atomic mass is 79.9. The summed E-state index contributed by atoms with van der Waals surface area (Å²) in [5, 5.41) is 14.7. The van der Waals surface area contributed by atoms with Gasteiger partial charge in [-0.15, -0.1) is 11.8 Å². The maximum atomic E-state index is 10.3. The van der Waals surface area contributed by atoms with Crippen molar-refractivity contribution in [1.29, 1.82) is 0 Å². The Morgan fingerprint density at radius 3 is 2.81 bits per heavy atom. The summed E-state index contributed by atoms with van der Waals surface area (Å²) in [6.07, 6.45) is 0.211. The minimum Gasteiger partial charge on any atom is -0.392 e. The lowest BCUT2D eigenvalue weighted by atomic mass is 10.2. The molecule has 0 aliphatic heterocycles. The van der Waals surface area contributed by atoms with Crippen LogP contribution >= 0.6 is 43.6 Å². The normalized spacial score (nSPS) is 12.6. The summed E-state index contributed by atoms with van der Waals surface area (Å²) in [5.41, 5.74) is 2.04. The highest BCUT2D eigenvalue weighted by molar-refractivity contribution is 9.10. The summed E-state index contributed by atoms with van der Waals surface area (Å²) in [6.45, 7) is 4.85. The fourth-order valence-corrected chi connectivity index (χ4v) is 3.98. The van der Waals surface area contributed by atoms with Gasteiger partial charge in [-0.05, 0) is 48.0 Å². The van der Waals surface area contributed by atoms with Crippen molar-refractivity contribution in [2.24, 2.45) is 0 Å². The van der Waals surface area contributed by atoms with Crippen LogP contribution in [0.25, 0.3) is 0 Å². The molecule has 0 aliphatic carbocycles. The van der Waals surface area contributed by atoms with Gasteiger partial charge in [0.25, 0.3) is 0 Å². The van der Waals surface area contributed by atoms with Crippen molar-refractivity contribution in [3.63, 3.8) is 0 Å². The van der Waals surface area contributed by atoms with Gasteiger partial charge in [0.2, 0.25) is 0 Å². The number of nitrogens with zero attached hydrogens (tertiary/aromatic N) is 2. The van der Waals surface area contributed by atoms with E-state index in [0.29, 0.717) is 12.2 Å². The monoisotopic (exact) mass is 432 g/mol. The molecule has 2 rings (SSSR count). The molecule has 2 aromatic rings. The van der Waals surface area contributed by atoms with Crippen LogP contribution in [-0.2, 0) is 13.0 Å². The fraction of sp³-hybridized carbons (Fsp3) is 0.400. The SMILES string of the molecule is CCn1nc(C)c(Br)c1CC(O)CSc1cccc(Br)c1. The molecular formula is C15H18Br2N2OS. The van der Waals surface area contributed by atoms with E-state index >= 15 is 0 Å². The third kappa shape index (κ3) is 4.58. The van der Waals surface area contributed by atoms with Gasteiger partial charge in [0.05, 0.1) is 22.0 Å². The van der Waals surface area contributed by atoms with Crippen molar-refractivity contribution in [1.82, 2.24) is 9.78 Å². The first kappa shape index (κ1) is 17.1. The van der Waals surface area contributed by atoms with Gasteiger partial charge in [-0.2, -0.15) is 5.10 Å². The van der Waals surface area contributed by atoms with Crippen molar-refractivity contribution in [2.45, 2.75) is 37.8 Å². The van der Waals surface area contributed by atoms with Crippen molar-refractivity contribution >= 4 is 43.6 Å². The van der Waals surface area contributed by atoms with E-state index in [9.17, 15) is 5.11 Å². The number of thioether (sulfide) groups is 1. The molecule has 1 aromatic heterocycles. The van der Waals surface area contributed by atoms with E-state index in [-0.39, 0.29) is 0 Å². The number of aryl methyl sites for hydroxylation is 2. The lowest BCUT2D eigenvalue weighted by Gasteiger charge is -2.12. The Bertz CT molecular complexity index is 616. The van der Waals surface area contributed by atoms with Gasteiger partial charge >= 0.3 is 0 Å². The number of aromatic nitrogens is 2. The number of aliphatic hydroxyl groups is 1. The zero-order valence-electron chi connectivity index (χ0n) is 12.0. The first-order chi connectivity index (χ1) is 10.0. The van der Waals surface area contributed by atoms with E-state index < -0.39 is 6.10 Å². The van der Waals surface area contributed by atoms with Crippen molar-refractivity contribution in [3.8, 4) is 0 Å². The average molecular weight is 434 g/mol. The molecule has 0 spiro atoms. The fourth-order valence-electron chi connectivity index (χ4n) is 2.10. The predicted molar refractivity (Wildman–Crippen MR) is 94.9 cm³/mol. The minimum atomic E-state index is -0.397. The molecule has 0 aliphatic rings. The van der Waals surface area contributed by atoms with Crippen LogP contribution in [0, 0.1) is 6.92 Å². The largest absolute Gasteiger partial charge is 0.392 e. The first-order valence-corrected chi connectivity index (χ1v) is 9.36. The summed E-state index contributed by atoms with van der Waals surface area (Å²) in [5.74, 6) is 0.664. The third-order valence-electron chi connectivity index (χ3n) is 3.12. The van der Waals surface area contributed by atoms with Crippen LogP contribution in [0.4, 0.5) is 0 Å². The Balaban J connectivity index is 1.97. The molecule has 1 heterocycles. The molecular weight excluding hydrogens is 416 g/mol. The number of hydrogen-bond donors (Lipinski definition) is 1. The van der Waals surface area contributed by atoms with E-state index in [0.717, 1.165) is 31.8 Å². The summed E-state index contributed by atoms with van der Waals surface area (Å²) < 4.78 is 4.02. The van der Waals surface area contributed by atoms with Gasteiger partial charge in [-0.3, -0.25) is 4.68 Å². The number of hydrogen-bond acceptors (Lipinski definition) is 3. The number of halogens is 2. The Hall–Kier alpha value is -0.300. The maximum absolute atomic E-state index is 10.3. The van der Waals surface area contributed by atoms with Crippen LogP contribution in [0.5, 0.6) is 0 Å². The molecule has 0 fully saturated rings. The summed E-state index contributed by atoms with van der Waals surface area (Å²) in [7, 11) is 0. The molecule has 6 heteroatoms. The van der Waals surface area contributed by atoms with Crippen molar-refractivity contribution in [3.05, 3.63) is 44.6 Å². The molecule has 0 saturated heterocycles. The molecule has 0 bridgehead atoms. The second kappa shape index (κ2) is 7.81. The van der Waals surface area contributed by atoms with Gasteiger partial charge in [0.1, 0.15) is 0 Å². The van der Waals surface area contributed by atoms with Gasteiger partial charge in [-0.25, -0.2) is 0 Å². The van der Waals surface area contributed by atoms with E-state index in [2.05, 4.69) is 56.0 Å². The zero-order valence-corrected chi connectivity index (χ0v) is 16.0. The van der Waals surface area contributed by atoms with E-state index in [1.165, 1.54) is 0 Å². The molecule has 1 aromatic carbocycles. The van der Waals surface area contributed by atoms with E-state index in [1.54, 1.807) is 11.8 Å². The lowest BCUT2D eigenvalue weighted by molar-refractivity contribution is 0.196. The topological polar surface area (TPSA) is 38.0 Å². The van der Waals surface area contributed by atoms with Gasteiger partial charge in [-0.1, -0.05) is 22.0 Å². The average Bonchev–Trinajstić information content (AvgIpc) is 2.73. The number of benzene rings is 1. The standard InChI is InChI=1S/C15H18Br2N2OS/c1-3-19-14(15(17)10(2)18-19)8-12(20)9-21-13-6-4-5-11(16)7-13/h4-7,12,20H,3,8-9H2,1-2H3. The van der Waals surface area contributed by atoms with Gasteiger partial charge in [0, 0.05) is 28.1 Å². The van der Waals surface area contributed by atoms with Crippen LogP contribution in [0.1, 0.15) is 18.3 Å². The first-order valence-electron chi connectivity index (χ1n) is 6.79. The minimum absolute atomic E-state index is 0.397. The van der Waals surface area contributed by atoms with Crippen LogP contribution in [0.2, 0.25) is 0 Å². The molecule has 0 radical (unpaired) electrons. The van der Waals surface area contributed by atoms with Crippen LogP contribution in [-0.4, -0.2) is 26.7 Å². The number of aliphatic hydroxyl groups excluding tert-OH is 1. The summed E-state index contributed by atoms with van der Waals surface area (Å²) >= 11 is 8.69. The maximum Gasteiger partial charge on any atom is 0.0738 e.